The van der Waals surface area contributed by atoms with Crippen molar-refractivity contribution >= 4 is 54.1 Å². The van der Waals surface area contributed by atoms with Crippen LogP contribution in [0, 0.1) is 0 Å². The first-order chi connectivity index (χ1) is 33.2. The Kier molecular flexibility index (Phi) is 9.17. The highest BCUT2D eigenvalue weighted by Crippen LogP contribution is 2.43. The molecule has 0 amide bonds. The molecular formula is C64H41N3. The van der Waals surface area contributed by atoms with E-state index in [0.29, 0.717) is 5.82 Å². The van der Waals surface area contributed by atoms with Crippen molar-refractivity contribution < 1.29 is 0 Å². The first kappa shape index (κ1) is 38.5. The minimum Gasteiger partial charge on any atom is -0.309 e. The van der Waals surface area contributed by atoms with Gasteiger partial charge in [-0.2, -0.15) is 0 Å². The van der Waals surface area contributed by atoms with Crippen LogP contribution in [-0.2, 0) is 0 Å². The van der Waals surface area contributed by atoms with E-state index < -0.39 is 0 Å². The Morgan fingerprint density at radius 3 is 1.51 bits per heavy atom. The molecule has 2 heterocycles. The third kappa shape index (κ3) is 6.67. The van der Waals surface area contributed by atoms with Crippen LogP contribution in [0.5, 0.6) is 0 Å². The van der Waals surface area contributed by atoms with Gasteiger partial charge in [-0.3, -0.25) is 0 Å². The average molecular weight is 852 g/mol. The maximum atomic E-state index is 5.15. The van der Waals surface area contributed by atoms with Gasteiger partial charge in [0.15, 0.2) is 5.82 Å². The van der Waals surface area contributed by atoms with Gasteiger partial charge in [0.1, 0.15) is 0 Å². The summed E-state index contributed by atoms with van der Waals surface area (Å²) in [5, 5.41) is 9.95. The van der Waals surface area contributed by atoms with Crippen molar-refractivity contribution in [2.45, 2.75) is 0 Å². The predicted molar refractivity (Wildman–Crippen MR) is 282 cm³/mol. The van der Waals surface area contributed by atoms with Crippen LogP contribution < -0.4 is 0 Å². The van der Waals surface area contributed by atoms with Crippen molar-refractivity contribution in [1.29, 1.82) is 0 Å². The fourth-order valence-corrected chi connectivity index (χ4v) is 10.2. The third-order valence-corrected chi connectivity index (χ3v) is 13.4. The molecule has 0 saturated heterocycles. The van der Waals surface area contributed by atoms with Crippen molar-refractivity contribution in [2.75, 3.05) is 0 Å². The number of aromatic nitrogens is 3. The summed E-state index contributed by atoms with van der Waals surface area (Å²) in [4.78, 5) is 10.2. The first-order valence-electron chi connectivity index (χ1n) is 22.9. The second kappa shape index (κ2) is 16.0. The monoisotopic (exact) mass is 851 g/mol. The number of hydrogen-bond donors (Lipinski definition) is 0. The van der Waals surface area contributed by atoms with E-state index in [-0.39, 0.29) is 0 Å². The lowest BCUT2D eigenvalue weighted by molar-refractivity contribution is 1.18. The lowest BCUT2D eigenvalue weighted by Gasteiger charge is -2.16. The van der Waals surface area contributed by atoms with Gasteiger partial charge in [-0.25, -0.2) is 9.97 Å². The van der Waals surface area contributed by atoms with Crippen LogP contribution in [0.1, 0.15) is 0 Å². The van der Waals surface area contributed by atoms with Gasteiger partial charge in [0.2, 0.25) is 0 Å². The van der Waals surface area contributed by atoms with Gasteiger partial charge >= 0.3 is 0 Å². The quantitative estimate of drug-likeness (QED) is 0.150. The van der Waals surface area contributed by atoms with Crippen LogP contribution in [0.4, 0.5) is 0 Å². The topological polar surface area (TPSA) is 30.7 Å². The molecular weight excluding hydrogens is 811 g/mol. The Morgan fingerprint density at radius 1 is 0.254 bits per heavy atom. The fourth-order valence-electron chi connectivity index (χ4n) is 10.2. The number of rotatable bonds is 7. The SMILES string of the molecule is c1ccc(-c2ccc(-n3c4ccccc4c4cc(-c5cccc6c7ccccc7c7cc(-c8cccc(-c9cc(-c%10ccccc%10)nc(-c%10ccccc%10)n9)c8)ccc7c56)ccc43)cc2)cc1. The second-order valence-electron chi connectivity index (χ2n) is 17.3. The van der Waals surface area contributed by atoms with E-state index in [0.717, 1.165) is 44.9 Å². The summed E-state index contributed by atoms with van der Waals surface area (Å²) >= 11 is 0. The van der Waals surface area contributed by atoms with Crippen LogP contribution in [0.2, 0.25) is 0 Å². The molecule has 3 nitrogen and oxygen atoms in total. The number of fused-ring (bicyclic) bond motifs is 9. The molecule has 312 valence electrons. The second-order valence-corrected chi connectivity index (χ2v) is 17.3. The molecule has 0 N–H and O–H groups in total. The molecule has 67 heavy (non-hydrogen) atoms. The molecule has 3 heteroatoms. The molecule has 0 fully saturated rings. The summed E-state index contributed by atoms with van der Waals surface area (Å²) in [5.74, 6) is 0.709. The molecule has 0 bridgehead atoms. The molecule has 13 rings (SSSR count). The van der Waals surface area contributed by atoms with E-state index in [1.54, 1.807) is 0 Å². The van der Waals surface area contributed by atoms with E-state index in [1.807, 2.05) is 24.3 Å². The van der Waals surface area contributed by atoms with Crippen LogP contribution in [0.3, 0.4) is 0 Å². The lowest BCUT2D eigenvalue weighted by atomic mass is 9.88. The standard InChI is InChI=1S/C64H41N3/c1-4-16-42(17-5-1)43-30-34-50(35-31-43)67-61-29-13-12-26-54(61)58-40-48(33-37-62(58)67)51-27-15-28-55-52-24-10-11-25-53(52)57-39-47(32-36-56(57)63(51)55)46-22-14-23-49(38-46)60-41-59(44-18-6-2-7-19-44)65-64(66-60)45-20-8-3-9-21-45/h1-41H. The van der Waals surface area contributed by atoms with Gasteiger partial charge in [0.25, 0.3) is 0 Å². The van der Waals surface area contributed by atoms with E-state index in [1.165, 1.54) is 76.4 Å². The summed E-state index contributed by atoms with van der Waals surface area (Å²) in [6.45, 7) is 0. The van der Waals surface area contributed by atoms with Gasteiger partial charge in [-0.05, 0) is 114 Å². The molecule has 0 aliphatic rings. The zero-order valence-corrected chi connectivity index (χ0v) is 36.5. The number of para-hydroxylation sites is 1. The highest BCUT2D eigenvalue weighted by Gasteiger charge is 2.18. The third-order valence-electron chi connectivity index (χ3n) is 13.4. The maximum absolute atomic E-state index is 5.15. The number of nitrogens with zero attached hydrogens (tertiary/aromatic N) is 3. The van der Waals surface area contributed by atoms with Gasteiger partial charge in [-0.15, -0.1) is 0 Å². The number of hydrogen-bond acceptors (Lipinski definition) is 2. The molecule has 13 aromatic rings. The van der Waals surface area contributed by atoms with E-state index in [9.17, 15) is 0 Å². The smallest absolute Gasteiger partial charge is 0.160 e. The molecule has 2 aromatic heterocycles. The summed E-state index contributed by atoms with van der Waals surface area (Å²) in [6.07, 6.45) is 0. The predicted octanol–water partition coefficient (Wildman–Crippen LogP) is 17.0. The molecule has 0 spiro atoms. The Hall–Kier alpha value is -8.92. The van der Waals surface area contributed by atoms with E-state index in [2.05, 4.69) is 229 Å². The molecule has 0 atom stereocenters. The Bertz CT molecular complexity index is 3950. The zero-order chi connectivity index (χ0) is 44.3. The van der Waals surface area contributed by atoms with Gasteiger partial charge < -0.3 is 4.57 Å². The van der Waals surface area contributed by atoms with Crippen molar-refractivity contribution in [2.24, 2.45) is 0 Å². The molecule has 0 aliphatic heterocycles. The average Bonchev–Trinajstić information content (AvgIpc) is 3.75. The van der Waals surface area contributed by atoms with Gasteiger partial charge in [0, 0.05) is 33.2 Å². The highest BCUT2D eigenvalue weighted by atomic mass is 15.0. The molecule has 0 unspecified atom stereocenters. The summed E-state index contributed by atoms with van der Waals surface area (Å²) in [5.41, 5.74) is 15.5. The largest absolute Gasteiger partial charge is 0.309 e. The zero-order valence-electron chi connectivity index (χ0n) is 36.5. The highest BCUT2D eigenvalue weighted by molar-refractivity contribution is 6.29. The number of benzene rings is 11. The molecule has 0 aliphatic carbocycles. The van der Waals surface area contributed by atoms with Crippen molar-refractivity contribution in [1.82, 2.24) is 14.5 Å². The minimum absolute atomic E-state index is 0.709. The normalized spacial score (nSPS) is 11.6. The minimum atomic E-state index is 0.709. The van der Waals surface area contributed by atoms with E-state index >= 15 is 0 Å². The maximum Gasteiger partial charge on any atom is 0.160 e. The van der Waals surface area contributed by atoms with Crippen molar-refractivity contribution in [3.05, 3.63) is 249 Å². The van der Waals surface area contributed by atoms with Crippen LogP contribution >= 0.6 is 0 Å². The fraction of sp³-hybridized carbons (Fsp3) is 0. The van der Waals surface area contributed by atoms with Crippen molar-refractivity contribution in [3.63, 3.8) is 0 Å². The Morgan fingerprint density at radius 2 is 0.746 bits per heavy atom. The summed E-state index contributed by atoms with van der Waals surface area (Å²) in [6, 6.07) is 89.5. The van der Waals surface area contributed by atoms with Crippen LogP contribution in [-0.4, -0.2) is 14.5 Å². The molecule has 0 saturated carbocycles. The van der Waals surface area contributed by atoms with Crippen LogP contribution in [0.15, 0.2) is 249 Å². The molecule has 11 aromatic carbocycles. The first-order valence-corrected chi connectivity index (χ1v) is 22.9. The van der Waals surface area contributed by atoms with Gasteiger partial charge in [0.05, 0.1) is 22.4 Å². The van der Waals surface area contributed by atoms with E-state index in [4.69, 9.17) is 9.97 Å². The van der Waals surface area contributed by atoms with Gasteiger partial charge in [-0.1, -0.05) is 200 Å². The summed E-state index contributed by atoms with van der Waals surface area (Å²) < 4.78 is 2.40. The van der Waals surface area contributed by atoms with Crippen LogP contribution in [0.25, 0.3) is 127 Å². The van der Waals surface area contributed by atoms with Crippen molar-refractivity contribution in [3.8, 4) is 73.0 Å². The Labute approximate surface area is 388 Å². The Balaban J connectivity index is 0.946. The summed E-state index contributed by atoms with van der Waals surface area (Å²) in [7, 11) is 0. The molecule has 0 radical (unpaired) electrons. The lowest BCUT2D eigenvalue weighted by Crippen LogP contribution is -1.96.